The number of nitro benzene ring substituents is 1. The molecular formula is C34H61NO13. The second-order valence-corrected chi connectivity index (χ2v) is 10.5. The van der Waals surface area contributed by atoms with Gasteiger partial charge in [-0.2, -0.15) is 0 Å². The summed E-state index contributed by atoms with van der Waals surface area (Å²) in [5.74, 6) is 0.558. The molecule has 0 saturated heterocycles. The lowest BCUT2D eigenvalue weighted by molar-refractivity contribution is -0.384. The zero-order valence-corrected chi connectivity index (χ0v) is 29.2. The second-order valence-electron chi connectivity index (χ2n) is 10.5. The first kappa shape index (κ1) is 44.0. The minimum atomic E-state index is -0.450. The predicted octanol–water partition coefficient (Wildman–Crippen LogP) is 4.50. The van der Waals surface area contributed by atoms with Gasteiger partial charge in [0.25, 0.3) is 5.69 Å². The van der Waals surface area contributed by atoms with Crippen molar-refractivity contribution in [2.45, 2.75) is 45.4 Å². The van der Waals surface area contributed by atoms with E-state index in [0.29, 0.717) is 138 Å². The lowest BCUT2D eigenvalue weighted by Gasteiger charge is -2.09. The molecule has 48 heavy (non-hydrogen) atoms. The first-order valence-electron chi connectivity index (χ1n) is 17.4. The zero-order chi connectivity index (χ0) is 34.4. The van der Waals surface area contributed by atoms with Gasteiger partial charge < -0.3 is 52.1 Å². The molecule has 0 amide bonds. The highest BCUT2D eigenvalue weighted by atomic mass is 16.6. The summed E-state index contributed by atoms with van der Waals surface area (Å²) in [6.07, 6.45) is 7.65. The topological polar surface area (TPSA) is 145 Å². The van der Waals surface area contributed by atoms with Gasteiger partial charge in [-0.25, -0.2) is 0 Å². The van der Waals surface area contributed by atoms with Gasteiger partial charge in [0.1, 0.15) is 12.4 Å². The highest BCUT2D eigenvalue weighted by molar-refractivity contribution is 5.35. The fraction of sp³-hybridized carbons (Fsp3) is 0.824. The fourth-order valence-corrected chi connectivity index (χ4v) is 3.95. The highest BCUT2D eigenvalue weighted by Gasteiger charge is 2.04. The van der Waals surface area contributed by atoms with E-state index in [9.17, 15) is 10.1 Å². The van der Waals surface area contributed by atoms with Crippen LogP contribution in [0.25, 0.3) is 0 Å². The molecule has 0 aliphatic heterocycles. The van der Waals surface area contributed by atoms with Crippen molar-refractivity contribution >= 4 is 5.69 Å². The van der Waals surface area contributed by atoms with Crippen LogP contribution in [0.15, 0.2) is 24.3 Å². The first-order valence-corrected chi connectivity index (χ1v) is 17.4. The van der Waals surface area contributed by atoms with Crippen molar-refractivity contribution in [1.82, 2.24) is 0 Å². The SMILES string of the molecule is CCCCCCCCOCCOCCOCCOCCOCCOCCOCCOCCOCCOCCOc1ccc([N+](=O)[O-])cc1. The molecule has 0 bridgehead atoms. The third-order valence-electron chi connectivity index (χ3n) is 6.53. The molecular weight excluding hydrogens is 630 g/mol. The number of hydrogen-bond donors (Lipinski definition) is 0. The Morgan fingerprint density at radius 3 is 1.04 bits per heavy atom. The van der Waals surface area contributed by atoms with Crippen molar-refractivity contribution in [3.05, 3.63) is 34.4 Å². The summed E-state index contributed by atoms with van der Waals surface area (Å²) in [6.45, 7) is 13.0. The minimum absolute atomic E-state index is 0.0276. The summed E-state index contributed by atoms with van der Waals surface area (Å²) in [5.41, 5.74) is 0.0276. The lowest BCUT2D eigenvalue weighted by Crippen LogP contribution is -2.15. The molecule has 0 unspecified atom stereocenters. The van der Waals surface area contributed by atoms with Crippen LogP contribution in [0, 0.1) is 10.1 Å². The third-order valence-corrected chi connectivity index (χ3v) is 6.53. The quantitative estimate of drug-likeness (QED) is 0.0543. The van der Waals surface area contributed by atoms with E-state index < -0.39 is 4.92 Å². The molecule has 0 aliphatic carbocycles. The minimum Gasteiger partial charge on any atom is -0.491 e. The summed E-state index contributed by atoms with van der Waals surface area (Å²) in [6, 6.07) is 5.92. The number of unbranched alkanes of at least 4 members (excludes halogenated alkanes) is 5. The Morgan fingerprint density at radius 1 is 0.417 bits per heavy atom. The van der Waals surface area contributed by atoms with E-state index in [-0.39, 0.29) is 5.69 Å². The molecule has 280 valence electrons. The summed E-state index contributed by atoms with van der Waals surface area (Å²) >= 11 is 0. The monoisotopic (exact) mass is 691 g/mol. The molecule has 0 aliphatic rings. The van der Waals surface area contributed by atoms with Crippen molar-refractivity contribution in [3.8, 4) is 5.75 Å². The largest absolute Gasteiger partial charge is 0.491 e. The normalized spacial score (nSPS) is 11.4. The van der Waals surface area contributed by atoms with E-state index in [1.54, 1.807) is 12.1 Å². The van der Waals surface area contributed by atoms with Crippen LogP contribution in [-0.2, 0) is 47.4 Å². The Hall–Kier alpha value is -1.98. The maximum Gasteiger partial charge on any atom is 0.269 e. The Balaban J connectivity index is 1.64. The molecule has 14 heteroatoms. The predicted molar refractivity (Wildman–Crippen MR) is 180 cm³/mol. The molecule has 0 N–H and O–H groups in total. The van der Waals surface area contributed by atoms with Crippen LogP contribution in [0.4, 0.5) is 5.69 Å². The number of nitrogens with zero attached hydrogens (tertiary/aromatic N) is 1. The molecule has 1 aromatic carbocycles. The van der Waals surface area contributed by atoms with Crippen molar-refractivity contribution in [3.63, 3.8) is 0 Å². The number of nitro groups is 1. The van der Waals surface area contributed by atoms with Crippen LogP contribution >= 0.6 is 0 Å². The standard InChI is InChI=1S/C34H61NO13/c1-2-3-4-5-6-7-12-38-13-14-39-15-16-40-17-18-41-19-20-42-21-22-43-23-24-44-25-26-45-27-28-46-29-30-47-31-32-48-34-10-8-33(9-11-34)35(36)37/h8-11H,2-7,12-32H2,1H3. The summed E-state index contributed by atoms with van der Waals surface area (Å²) in [4.78, 5) is 10.2. The third kappa shape index (κ3) is 31.3. The van der Waals surface area contributed by atoms with Crippen LogP contribution < -0.4 is 4.74 Å². The van der Waals surface area contributed by atoms with Crippen LogP contribution in [0.1, 0.15) is 45.4 Å². The fourth-order valence-electron chi connectivity index (χ4n) is 3.95. The molecule has 1 aromatic rings. The molecule has 0 saturated carbocycles. The van der Waals surface area contributed by atoms with Gasteiger partial charge in [-0.3, -0.25) is 10.1 Å². The second kappa shape index (κ2) is 36.3. The molecule has 0 fully saturated rings. The average molecular weight is 692 g/mol. The number of benzene rings is 1. The summed E-state index contributed by atoms with van der Waals surface area (Å²) < 4.78 is 60.3. The van der Waals surface area contributed by atoms with Crippen LogP contribution in [0.2, 0.25) is 0 Å². The lowest BCUT2D eigenvalue weighted by atomic mass is 10.1. The Kier molecular flexibility index (Phi) is 33.3. The zero-order valence-electron chi connectivity index (χ0n) is 29.2. The average Bonchev–Trinajstić information content (AvgIpc) is 3.09. The van der Waals surface area contributed by atoms with Crippen molar-refractivity contribution in [2.75, 3.05) is 139 Å². The molecule has 0 aromatic heterocycles. The van der Waals surface area contributed by atoms with E-state index in [0.717, 1.165) is 13.0 Å². The maximum absolute atomic E-state index is 10.6. The number of non-ortho nitro benzene ring substituents is 1. The van der Waals surface area contributed by atoms with E-state index >= 15 is 0 Å². The van der Waals surface area contributed by atoms with Crippen molar-refractivity contribution in [1.29, 1.82) is 0 Å². The number of rotatable bonds is 39. The van der Waals surface area contributed by atoms with Gasteiger partial charge in [-0.05, 0) is 18.6 Å². The number of hydrogen-bond acceptors (Lipinski definition) is 13. The van der Waals surface area contributed by atoms with E-state index in [1.165, 1.54) is 44.2 Å². The summed E-state index contributed by atoms with van der Waals surface area (Å²) in [5, 5.41) is 10.6. The van der Waals surface area contributed by atoms with Crippen LogP contribution in [0.3, 0.4) is 0 Å². The van der Waals surface area contributed by atoms with Gasteiger partial charge in [0.2, 0.25) is 0 Å². The molecule has 1 rings (SSSR count). The van der Waals surface area contributed by atoms with Crippen molar-refractivity contribution in [2.24, 2.45) is 0 Å². The van der Waals surface area contributed by atoms with Gasteiger partial charge in [0, 0.05) is 18.7 Å². The van der Waals surface area contributed by atoms with E-state index in [2.05, 4.69) is 6.92 Å². The first-order chi connectivity index (χ1) is 23.7. The maximum atomic E-state index is 10.6. The molecule has 0 heterocycles. The smallest absolute Gasteiger partial charge is 0.269 e. The van der Waals surface area contributed by atoms with Gasteiger partial charge in [0.05, 0.1) is 130 Å². The Bertz CT molecular complexity index is 804. The van der Waals surface area contributed by atoms with Crippen LogP contribution in [-0.4, -0.2) is 144 Å². The highest BCUT2D eigenvalue weighted by Crippen LogP contribution is 2.17. The molecule has 0 radical (unpaired) electrons. The molecule has 14 nitrogen and oxygen atoms in total. The van der Waals surface area contributed by atoms with Crippen LogP contribution in [0.5, 0.6) is 5.75 Å². The summed E-state index contributed by atoms with van der Waals surface area (Å²) in [7, 11) is 0. The Morgan fingerprint density at radius 2 is 0.708 bits per heavy atom. The van der Waals surface area contributed by atoms with Crippen molar-refractivity contribution < 1.29 is 57.0 Å². The Labute approximate surface area is 287 Å². The van der Waals surface area contributed by atoms with Gasteiger partial charge >= 0.3 is 0 Å². The molecule has 0 spiro atoms. The van der Waals surface area contributed by atoms with Gasteiger partial charge in [-0.15, -0.1) is 0 Å². The van der Waals surface area contributed by atoms with Gasteiger partial charge in [0.15, 0.2) is 0 Å². The number of ether oxygens (including phenoxy) is 11. The van der Waals surface area contributed by atoms with Gasteiger partial charge in [-0.1, -0.05) is 39.0 Å². The van der Waals surface area contributed by atoms with E-state index in [4.69, 9.17) is 52.1 Å². The molecule has 0 atom stereocenters. The van der Waals surface area contributed by atoms with E-state index in [1.807, 2.05) is 0 Å².